The van der Waals surface area contributed by atoms with Crippen molar-refractivity contribution >= 4 is 52.3 Å². The van der Waals surface area contributed by atoms with Crippen LogP contribution < -0.4 is 24.6 Å². The minimum absolute atomic E-state index is 0.0738. The van der Waals surface area contributed by atoms with Crippen LogP contribution in [-0.4, -0.2) is 81.8 Å². The van der Waals surface area contributed by atoms with Gasteiger partial charge in [-0.05, 0) is 68.7 Å². The molecule has 4 aromatic rings. The number of halogens is 2. The molecule has 3 aliphatic rings. The second-order valence-corrected chi connectivity index (χ2v) is 13.3. The van der Waals surface area contributed by atoms with E-state index in [1.807, 2.05) is 0 Å². The first-order valence-corrected chi connectivity index (χ1v) is 15.5. The van der Waals surface area contributed by atoms with Crippen LogP contribution in [0.4, 0.5) is 41.6 Å². The highest BCUT2D eigenvalue weighted by molar-refractivity contribution is 6.22. The number of hydrogen-bond donors (Lipinski definition) is 2. The first-order valence-electron chi connectivity index (χ1n) is 15.5. The van der Waals surface area contributed by atoms with Gasteiger partial charge in [0.2, 0.25) is 11.9 Å². The summed E-state index contributed by atoms with van der Waals surface area (Å²) in [6, 6.07) is 10.1. The smallest absolute Gasteiger partial charge is 0.435 e. The standard InChI is InChI=1S/C33H33F2N7O7/c1-31(2,3)49-30(46)42-23-12-17(21-14-33(21)20-13-18(47-4)7-9-22(20)41(27(33)43)29(44)45)6-8-19(23)25(39-42)37-26-24(48-5)15-36-28(38-26)40-11-10-32(34,35)16-40/h6-9,12-13,15,21H,10-11,14,16H2,1-5H3,(H,44,45)(H,36,37,38,39)/t21-,33-/m0/s1. The van der Waals surface area contributed by atoms with E-state index in [1.165, 1.54) is 25.3 Å². The number of carboxylic acid groups (broad SMARTS) is 1. The Morgan fingerprint density at radius 1 is 1.08 bits per heavy atom. The summed E-state index contributed by atoms with van der Waals surface area (Å²) in [5.41, 5.74) is -0.142. The van der Waals surface area contributed by atoms with E-state index in [2.05, 4.69) is 20.4 Å². The van der Waals surface area contributed by atoms with Crippen molar-refractivity contribution in [3.63, 3.8) is 0 Å². The maximum absolute atomic E-state index is 14.0. The topological polar surface area (TPSA) is 161 Å². The molecular formula is C33H33F2N7O7. The zero-order valence-corrected chi connectivity index (χ0v) is 27.3. The van der Waals surface area contributed by atoms with Crippen LogP contribution in [0.5, 0.6) is 11.5 Å². The number of amides is 2. The lowest BCUT2D eigenvalue weighted by molar-refractivity contribution is -0.119. The lowest BCUT2D eigenvalue weighted by Gasteiger charge is -2.19. The average Bonchev–Trinajstić information content (AvgIpc) is 3.44. The molecule has 2 fully saturated rings. The van der Waals surface area contributed by atoms with Crippen LogP contribution in [-0.2, 0) is 14.9 Å². The summed E-state index contributed by atoms with van der Waals surface area (Å²) in [7, 11) is 2.90. The molecule has 49 heavy (non-hydrogen) atoms. The molecule has 2 amide bonds. The van der Waals surface area contributed by atoms with Gasteiger partial charge in [-0.3, -0.25) is 4.79 Å². The van der Waals surface area contributed by atoms with Gasteiger partial charge in [0.1, 0.15) is 11.4 Å². The molecule has 2 N–H and O–H groups in total. The number of nitrogens with one attached hydrogen (secondary N) is 1. The van der Waals surface area contributed by atoms with Crippen molar-refractivity contribution < 1.29 is 42.5 Å². The second kappa shape index (κ2) is 11.0. The van der Waals surface area contributed by atoms with Crippen LogP contribution in [0, 0.1) is 0 Å². The van der Waals surface area contributed by atoms with E-state index < -0.39 is 47.5 Å². The van der Waals surface area contributed by atoms with Gasteiger partial charge in [-0.25, -0.2) is 28.3 Å². The summed E-state index contributed by atoms with van der Waals surface area (Å²) in [4.78, 5) is 50.2. The number of aromatic nitrogens is 4. The van der Waals surface area contributed by atoms with E-state index >= 15 is 0 Å². The van der Waals surface area contributed by atoms with Gasteiger partial charge in [-0.2, -0.15) is 9.67 Å². The summed E-state index contributed by atoms with van der Waals surface area (Å²) in [5.74, 6) is -2.73. The minimum Gasteiger partial charge on any atom is -0.497 e. The number of nitrogens with zero attached hydrogens (tertiary/aromatic N) is 6. The molecule has 1 saturated carbocycles. The lowest BCUT2D eigenvalue weighted by Crippen LogP contribution is -2.36. The Morgan fingerprint density at radius 2 is 1.86 bits per heavy atom. The van der Waals surface area contributed by atoms with Crippen molar-refractivity contribution in [3.8, 4) is 11.5 Å². The third-order valence-corrected chi connectivity index (χ3v) is 8.99. The highest BCUT2D eigenvalue weighted by atomic mass is 19.3. The van der Waals surface area contributed by atoms with Crippen LogP contribution in [0.3, 0.4) is 0 Å². The Morgan fingerprint density at radius 3 is 2.51 bits per heavy atom. The van der Waals surface area contributed by atoms with Crippen LogP contribution in [0.25, 0.3) is 10.9 Å². The first-order chi connectivity index (χ1) is 23.2. The Bertz CT molecular complexity index is 2050. The molecule has 0 radical (unpaired) electrons. The van der Waals surface area contributed by atoms with Gasteiger partial charge in [0.15, 0.2) is 17.4 Å². The van der Waals surface area contributed by atoms with E-state index in [1.54, 1.807) is 57.2 Å². The van der Waals surface area contributed by atoms with E-state index in [-0.39, 0.29) is 42.0 Å². The molecule has 16 heteroatoms. The van der Waals surface area contributed by atoms with E-state index in [9.17, 15) is 28.3 Å². The summed E-state index contributed by atoms with van der Waals surface area (Å²) >= 11 is 0. The van der Waals surface area contributed by atoms with Gasteiger partial charge in [0, 0.05) is 24.3 Å². The number of imide groups is 1. The van der Waals surface area contributed by atoms with Gasteiger partial charge in [-0.1, -0.05) is 6.07 Å². The third-order valence-electron chi connectivity index (χ3n) is 8.99. The van der Waals surface area contributed by atoms with Crippen LogP contribution >= 0.6 is 0 Å². The molecule has 2 aromatic carbocycles. The monoisotopic (exact) mass is 677 g/mol. The molecule has 2 atom stereocenters. The van der Waals surface area contributed by atoms with Gasteiger partial charge >= 0.3 is 12.2 Å². The van der Waals surface area contributed by atoms with Crippen LogP contribution in [0.1, 0.15) is 50.7 Å². The Hall–Kier alpha value is -5.54. The highest BCUT2D eigenvalue weighted by Gasteiger charge is 2.68. The largest absolute Gasteiger partial charge is 0.497 e. The number of carbonyl (C=O) groups is 3. The van der Waals surface area contributed by atoms with Gasteiger partial charge in [-0.15, -0.1) is 5.10 Å². The predicted molar refractivity (Wildman–Crippen MR) is 173 cm³/mol. The summed E-state index contributed by atoms with van der Waals surface area (Å²) < 4.78 is 45.5. The molecule has 1 saturated heterocycles. The molecule has 0 unspecified atom stereocenters. The Balaban J connectivity index is 1.29. The third kappa shape index (κ3) is 5.31. The molecule has 4 heterocycles. The number of methoxy groups -OCH3 is 2. The number of alkyl halides is 2. The zero-order valence-electron chi connectivity index (χ0n) is 27.3. The molecule has 2 aliphatic heterocycles. The zero-order chi connectivity index (χ0) is 35.0. The Labute approximate surface area is 278 Å². The lowest BCUT2D eigenvalue weighted by atomic mass is 9.91. The quantitative estimate of drug-likeness (QED) is 0.258. The van der Waals surface area contributed by atoms with Crippen molar-refractivity contribution in [3.05, 3.63) is 53.7 Å². The number of anilines is 4. The predicted octanol–water partition coefficient (Wildman–Crippen LogP) is 5.67. The van der Waals surface area contributed by atoms with Crippen molar-refractivity contribution in [1.82, 2.24) is 19.7 Å². The number of fused-ring (bicyclic) bond motifs is 3. The van der Waals surface area contributed by atoms with E-state index in [0.717, 1.165) is 9.58 Å². The van der Waals surface area contributed by atoms with Crippen LogP contribution in [0.15, 0.2) is 42.6 Å². The summed E-state index contributed by atoms with van der Waals surface area (Å²) in [6.07, 6.45) is -0.768. The fourth-order valence-electron chi connectivity index (χ4n) is 6.66. The Kier molecular flexibility index (Phi) is 7.19. The van der Waals surface area contributed by atoms with E-state index in [0.29, 0.717) is 34.2 Å². The maximum atomic E-state index is 14.0. The SMILES string of the molecule is COc1ccc2c(c1)[C@]1(C[C@H]1c1ccc3c(Nc4nc(N5CCC(F)(F)C5)ncc4OC)nn(C(=O)OC(C)(C)C)c3c1)C(=O)N2C(=O)O. The van der Waals surface area contributed by atoms with Crippen molar-refractivity contribution in [2.45, 2.75) is 56.5 Å². The highest BCUT2D eigenvalue weighted by Crippen LogP contribution is 2.67. The number of benzene rings is 2. The molecular weight excluding hydrogens is 644 g/mol. The molecule has 14 nitrogen and oxygen atoms in total. The summed E-state index contributed by atoms with van der Waals surface area (Å²) in [5, 5.41) is 18.0. The molecule has 2 aromatic heterocycles. The number of rotatable bonds is 6. The molecule has 0 bridgehead atoms. The van der Waals surface area contributed by atoms with Crippen molar-refractivity contribution in [1.29, 1.82) is 0 Å². The van der Waals surface area contributed by atoms with Crippen molar-refractivity contribution in [2.75, 3.05) is 42.4 Å². The van der Waals surface area contributed by atoms with Crippen molar-refractivity contribution in [2.24, 2.45) is 0 Å². The normalized spacial score (nSPS) is 20.9. The number of carbonyl (C=O) groups excluding carboxylic acids is 2. The first kappa shape index (κ1) is 32.0. The van der Waals surface area contributed by atoms with Crippen LogP contribution in [0.2, 0.25) is 0 Å². The fraction of sp³-hybridized carbons (Fsp3) is 0.394. The average molecular weight is 678 g/mol. The molecule has 256 valence electrons. The van der Waals surface area contributed by atoms with Gasteiger partial charge in [0.25, 0.3) is 5.92 Å². The number of ether oxygens (including phenoxy) is 3. The maximum Gasteiger partial charge on any atom is 0.435 e. The molecule has 1 aliphatic carbocycles. The molecule has 7 rings (SSSR count). The number of hydrogen-bond acceptors (Lipinski definition) is 11. The second-order valence-electron chi connectivity index (χ2n) is 13.3. The van der Waals surface area contributed by atoms with Gasteiger partial charge in [0.05, 0.1) is 43.6 Å². The minimum atomic E-state index is -2.86. The van der Waals surface area contributed by atoms with Gasteiger partial charge < -0.3 is 29.5 Å². The van der Waals surface area contributed by atoms with E-state index in [4.69, 9.17) is 14.2 Å². The summed E-state index contributed by atoms with van der Waals surface area (Å²) in [6.45, 7) is 4.70. The fourth-order valence-corrected chi connectivity index (χ4v) is 6.66. The molecule has 1 spiro atoms.